The molecular weight excluding hydrogens is 132 g/mol. The van der Waals surface area contributed by atoms with Crippen molar-refractivity contribution in [2.75, 3.05) is 0 Å². The maximum atomic E-state index is 2.28. The van der Waals surface area contributed by atoms with Crippen LogP contribution < -0.4 is 0 Å². The third-order valence-corrected chi connectivity index (χ3v) is 2.30. The molecule has 0 aromatic heterocycles. The number of rotatable bonds is 1. The van der Waals surface area contributed by atoms with Crippen LogP contribution in [0.5, 0.6) is 0 Å². The van der Waals surface area contributed by atoms with Crippen LogP contribution in [0.25, 0.3) is 0 Å². The Bertz CT molecular complexity index is 259. The van der Waals surface area contributed by atoms with Crippen molar-refractivity contribution in [1.82, 2.24) is 0 Å². The number of hydrogen-bond acceptors (Lipinski definition) is 0. The van der Waals surface area contributed by atoms with E-state index in [2.05, 4.69) is 39.8 Å². The Balaban J connectivity index is 3.24. The molecule has 0 saturated heterocycles. The minimum Gasteiger partial charge on any atom is -0.0613 e. The van der Waals surface area contributed by atoms with Crippen LogP contribution in [-0.2, 0) is 6.42 Å². The molecule has 1 rings (SSSR count). The molecule has 0 N–H and O–H groups in total. The molecule has 1 aromatic carbocycles. The molecule has 0 nitrogen and oxygen atoms in total. The van der Waals surface area contributed by atoms with Crippen LogP contribution in [0, 0.1) is 20.8 Å². The second-order valence-corrected chi connectivity index (χ2v) is 3.22. The Morgan fingerprint density at radius 1 is 1.09 bits per heavy atom. The summed E-state index contributed by atoms with van der Waals surface area (Å²) in [5.74, 6) is 0. The predicted molar refractivity (Wildman–Crippen MR) is 50.0 cm³/mol. The smallest absolute Gasteiger partial charge is 0.0305 e. The zero-order chi connectivity index (χ0) is 8.43. The quantitative estimate of drug-likeness (QED) is 0.574. The van der Waals surface area contributed by atoms with Crippen LogP contribution in [0.4, 0.5) is 0 Å². The van der Waals surface area contributed by atoms with Crippen LogP contribution in [0.15, 0.2) is 12.1 Å². The minimum atomic E-state index is 1.15. The molecule has 0 atom stereocenters. The maximum absolute atomic E-state index is 2.28. The van der Waals surface area contributed by atoms with E-state index in [1.54, 1.807) is 0 Å². The fourth-order valence-corrected chi connectivity index (χ4v) is 1.49. The van der Waals surface area contributed by atoms with Crippen molar-refractivity contribution in [2.24, 2.45) is 0 Å². The molecule has 0 aliphatic rings. The van der Waals surface area contributed by atoms with E-state index in [1.165, 1.54) is 22.3 Å². The Morgan fingerprint density at radius 2 is 1.73 bits per heavy atom. The Labute approximate surface area is 69.3 Å². The van der Waals surface area contributed by atoms with Crippen LogP contribution in [0.2, 0.25) is 0 Å². The van der Waals surface area contributed by atoms with Crippen LogP contribution in [0.1, 0.15) is 29.2 Å². The Kier molecular flexibility index (Phi) is 2.33. The molecule has 0 saturated carbocycles. The molecule has 0 unspecified atom stereocenters. The normalized spacial score (nSPS) is 10.2. The van der Waals surface area contributed by atoms with Gasteiger partial charge in [0.25, 0.3) is 0 Å². The van der Waals surface area contributed by atoms with Crippen molar-refractivity contribution < 1.29 is 0 Å². The Morgan fingerprint density at radius 3 is 2.27 bits per heavy atom. The van der Waals surface area contributed by atoms with Gasteiger partial charge in [-0.1, -0.05) is 24.6 Å². The summed E-state index contributed by atoms with van der Waals surface area (Å²) in [7, 11) is 0. The van der Waals surface area contributed by atoms with Gasteiger partial charge in [-0.3, -0.25) is 0 Å². The van der Waals surface area contributed by atoms with Gasteiger partial charge in [0.1, 0.15) is 0 Å². The van der Waals surface area contributed by atoms with Crippen LogP contribution in [0.3, 0.4) is 0 Å². The van der Waals surface area contributed by atoms with E-state index in [4.69, 9.17) is 0 Å². The lowest BCUT2D eigenvalue weighted by Crippen LogP contribution is -1.91. The summed E-state index contributed by atoms with van der Waals surface area (Å²) in [6.45, 7) is 8.75. The highest BCUT2D eigenvalue weighted by atomic mass is 14.0. The summed E-state index contributed by atoms with van der Waals surface area (Å²) in [5.41, 5.74) is 5.74. The topological polar surface area (TPSA) is 0 Å². The molecule has 0 aliphatic carbocycles. The zero-order valence-electron chi connectivity index (χ0n) is 7.86. The average molecular weight is 148 g/mol. The van der Waals surface area contributed by atoms with E-state index < -0.39 is 0 Å². The molecule has 11 heavy (non-hydrogen) atoms. The predicted octanol–water partition coefficient (Wildman–Crippen LogP) is 3.17. The molecule has 0 amide bonds. The van der Waals surface area contributed by atoms with Gasteiger partial charge in [-0.25, -0.2) is 0 Å². The number of benzene rings is 1. The summed E-state index contributed by atoms with van der Waals surface area (Å²) >= 11 is 0. The van der Waals surface area contributed by atoms with E-state index in [9.17, 15) is 0 Å². The summed E-state index contributed by atoms with van der Waals surface area (Å²) in [6, 6.07) is 4.52. The standard InChI is InChI=1S/C11H16/c1-5-11-7-8(2)6-9(3)10(11)4/h6-7H,5H2,1-4H3. The van der Waals surface area contributed by atoms with Gasteiger partial charge in [0.15, 0.2) is 0 Å². The number of aryl methyl sites for hydroxylation is 3. The third kappa shape index (κ3) is 1.62. The molecule has 0 spiro atoms. The first-order valence-electron chi connectivity index (χ1n) is 4.22. The summed E-state index contributed by atoms with van der Waals surface area (Å²) in [6.07, 6.45) is 1.15. The third-order valence-electron chi connectivity index (χ3n) is 2.30. The molecule has 0 fully saturated rings. The second-order valence-electron chi connectivity index (χ2n) is 3.22. The van der Waals surface area contributed by atoms with Crippen molar-refractivity contribution in [3.63, 3.8) is 0 Å². The lowest BCUT2D eigenvalue weighted by molar-refractivity contribution is 1.08. The monoisotopic (exact) mass is 148 g/mol. The van der Waals surface area contributed by atoms with E-state index in [0.29, 0.717) is 0 Å². The fourth-order valence-electron chi connectivity index (χ4n) is 1.49. The lowest BCUT2D eigenvalue weighted by atomic mass is 9.99. The van der Waals surface area contributed by atoms with Gasteiger partial charge in [0.2, 0.25) is 0 Å². The highest BCUT2D eigenvalue weighted by molar-refractivity contribution is 5.37. The molecule has 1 aromatic rings. The molecule has 0 aliphatic heterocycles. The molecular formula is C11H16. The Hall–Kier alpha value is -0.780. The zero-order valence-corrected chi connectivity index (χ0v) is 7.86. The van der Waals surface area contributed by atoms with Crippen LogP contribution >= 0.6 is 0 Å². The van der Waals surface area contributed by atoms with E-state index in [1.807, 2.05) is 0 Å². The summed E-state index contributed by atoms with van der Waals surface area (Å²) in [4.78, 5) is 0. The van der Waals surface area contributed by atoms with E-state index in [-0.39, 0.29) is 0 Å². The van der Waals surface area contributed by atoms with Crippen LogP contribution in [-0.4, -0.2) is 0 Å². The molecule has 0 heterocycles. The van der Waals surface area contributed by atoms with Crippen molar-refractivity contribution in [1.29, 1.82) is 0 Å². The lowest BCUT2D eigenvalue weighted by Gasteiger charge is -2.07. The average Bonchev–Trinajstić information content (AvgIpc) is 1.96. The van der Waals surface area contributed by atoms with Crippen molar-refractivity contribution >= 4 is 0 Å². The van der Waals surface area contributed by atoms with Gasteiger partial charge < -0.3 is 0 Å². The second kappa shape index (κ2) is 3.08. The first kappa shape index (κ1) is 8.32. The van der Waals surface area contributed by atoms with Gasteiger partial charge in [0, 0.05) is 0 Å². The summed E-state index contributed by atoms with van der Waals surface area (Å²) in [5, 5.41) is 0. The van der Waals surface area contributed by atoms with Gasteiger partial charge in [-0.15, -0.1) is 0 Å². The minimum absolute atomic E-state index is 1.15. The molecule has 60 valence electrons. The van der Waals surface area contributed by atoms with E-state index >= 15 is 0 Å². The molecule has 0 bridgehead atoms. The molecule has 0 heteroatoms. The fraction of sp³-hybridized carbons (Fsp3) is 0.455. The summed E-state index contributed by atoms with van der Waals surface area (Å²) < 4.78 is 0. The van der Waals surface area contributed by atoms with Gasteiger partial charge in [-0.2, -0.15) is 0 Å². The molecule has 0 radical (unpaired) electrons. The van der Waals surface area contributed by atoms with Gasteiger partial charge in [-0.05, 0) is 43.9 Å². The van der Waals surface area contributed by atoms with Gasteiger partial charge in [0.05, 0.1) is 0 Å². The number of hydrogen-bond donors (Lipinski definition) is 0. The highest BCUT2D eigenvalue weighted by Gasteiger charge is 1.99. The van der Waals surface area contributed by atoms with Crippen molar-refractivity contribution in [3.8, 4) is 0 Å². The van der Waals surface area contributed by atoms with Gasteiger partial charge >= 0.3 is 0 Å². The SMILES string of the molecule is CCc1cc(C)cc(C)c1C. The van der Waals surface area contributed by atoms with Crippen molar-refractivity contribution in [3.05, 3.63) is 34.4 Å². The first-order chi connectivity index (χ1) is 5.15. The highest BCUT2D eigenvalue weighted by Crippen LogP contribution is 2.15. The maximum Gasteiger partial charge on any atom is -0.0305 e. The van der Waals surface area contributed by atoms with E-state index in [0.717, 1.165) is 6.42 Å². The largest absolute Gasteiger partial charge is 0.0613 e. The first-order valence-corrected chi connectivity index (χ1v) is 4.22. The van der Waals surface area contributed by atoms with Crippen molar-refractivity contribution in [2.45, 2.75) is 34.1 Å².